The summed E-state index contributed by atoms with van der Waals surface area (Å²) in [4.78, 5) is 21.3. The number of carbonyl (C=O) groups is 1. The largest absolute Gasteiger partial charge is 0.477 e. The topological polar surface area (TPSA) is 75.5 Å². The predicted octanol–water partition coefficient (Wildman–Crippen LogP) is 0.956. The molecule has 1 N–H and O–H groups in total. The fourth-order valence-electron chi connectivity index (χ4n) is 1.94. The third-order valence-corrected chi connectivity index (χ3v) is 3.01. The van der Waals surface area contributed by atoms with Gasteiger partial charge in [0.25, 0.3) is 0 Å². The highest BCUT2D eigenvalue weighted by Gasteiger charge is 2.26. The Kier molecular flexibility index (Phi) is 3.88. The fraction of sp³-hybridized carbons (Fsp3) is 0.583. The quantitative estimate of drug-likeness (QED) is 0.862. The number of nitrogens with zero attached hydrogens (tertiary/aromatic N) is 3. The maximum absolute atomic E-state index is 10.9. The van der Waals surface area contributed by atoms with Crippen molar-refractivity contribution in [1.29, 1.82) is 0 Å². The van der Waals surface area contributed by atoms with E-state index >= 15 is 0 Å². The summed E-state index contributed by atoms with van der Waals surface area (Å²) >= 11 is 0. The summed E-state index contributed by atoms with van der Waals surface area (Å²) in [5.74, 6) is -0.601. The fourth-order valence-corrected chi connectivity index (χ4v) is 1.94. The summed E-state index contributed by atoms with van der Waals surface area (Å²) in [6.45, 7) is 6.44. The van der Waals surface area contributed by atoms with Gasteiger partial charge in [0.05, 0.1) is 6.61 Å². The predicted molar refractivity (Wildman–Crippen MR) is 64.4 cm³/mol. The van der Waals surface area contributed by atoms with Crippen LogP contribution < -0.4 is 0 Å². The van der Waals surface area contributed by atoms with E-state index in [0.717, 1.165) is 6.54 Å². The van der Waals surface area contributed by atoms with Gasteiger partial charge < -0.3 is 9.84 Å². The summed E-state index contributed by atoms with van der Waals surface area (Å²) in [6.07, 6.45) is 1.21. The first-order valence-electron chi connectivity index (χ1n) is 6.00. The molecule has 1 saturated heterocycles. The Hall–Kier alpha value is -1.53. The molecule has 1 aliphatic heterocycles. The Morgan fingerprint density at radius 3 is 3.06 bits per heavy atom. The van der Waals surface area contributed by atoms with Crippen LogP contribution in [0.2, 0.25) is 0 Å². The molecule has 0 radical (unpaired) electrons. The smallest absolute Gasteiger partial charge is 0.354 e. The number of hydrogen-bond donors (Lipinski definition) is 1. The first kappa shape index (κ1) is 12.9. The van der Waals surface area contributed by atoms with Crippen molar-refractivity contribution in [2.24, 2.45) is 0 Å². The first-order chi connectivity index (χ1) is 8.58. The first-order valence-corrected chi connectivity index (χ1v) is 6.00. The van der Waals surface area contributed by atoms with Crippen LogP contribution >= 0.6 is 0 Å². The molecular weight excluding hydrogens is 234 g/mol. The number of morpholine rings is 1. The number of aromatic nitrogens is 2. The van der Waals surface area contributed by atoms with Gasteiger partial charge in [-0.2, -0.15) is 0 Å². The number of hydrogen-bond acceptors (Lipinski definition) is 5. The van der Waals surface area contributed by atoms with E-state index in [2.05, 4.69) is 28.7 Å². The lowest BCUT2D eigenvalue weighted by Gasteiger charge is -2.34. The molecule has 1 fully saturated rings. The third-order valence-electron chi connectivity index (χ3n) is 3.01. The zero-order valence-corrected chi connectivity index (χ0v) is 10.5. The monoisotopic (exact) mass is 251 g/mol. The molecule has 0 spiro atoms. The van der Waals surface area contributed by atoms with E-state index in [0.29, 0.717) is 25.0 Å². The molecule has 0 bridgehead atoms. The van der Waals surface area contributed by atoms with Gasteiger partial charge in [-0.25, -0.2) is 14.8 Å². The van der Waals surface area contributed by atoms with Crippen LogP contribution in [0.15, 0.2) is 12.3 Å². The van der Waals surface area contributed by atoms with Crippen molar-refractivity contribution < 1.29 is 14.6 Å². The van der Waals surface area contributed by atoms with Gasteiger partial charge in [-0.05, 0) is 19.9 Å². The molecule has 18 heavy (non-hydrogen) atoms. The summed E-state index contributed by atoms with van der Waals surface area (Å²) in [6, 6.07) is 1.81. The lowest BCUT2D eigenvalue weighted by Crippen LogP contribution is -2.42. The summed E-state index contributed by atoms with van der Waals surface area (Å²) < 4.78 is 5.62. The maximum atomic E-state index is 10.9. The van der Waals surface area contributed by atoms with Crippen molar-refractivity contribution in [2.45, 2.75) is 26.0 Å². The van der Waals surface area contributed by atoms with Gasteiger partial charge in [0, 0.05) is 25.3 Å². The second-order valence-electron chi connectivity index (χ2n) is 4.55. The van der Waals surface area contributed by atoms with Crippen LogP contribution in [0.3, 0.4) is 0 Å². The molecule has 1 unspecified atom stereocenters. The van der Waals surface area contributed by atoms with Crippen LogP contribution in [0.25, 0.3) is 0 Å². The Labute approximate surface area is 106 Å². The van der Waals surface area contributed by atoms with Crippen LogP contribution in [0.4, 0.5) is 0 Å². The van der Waals surface area contributed by atoms with E-state index in [-0.39, 0.29) is 11.8 Å². The molecule has 1 atom stereocenters. The Morgan fingerprint density at radius 2 is 2.39 bits per heavy atom. The van der Waals surface area contributed by atoms with Crippen LogP contribution in [-0.2, 0) is 4.74 Å². The van der Waals surface area contributed by atoms with Crippen molar-refractivity contribution in [2.75, 3.05) is 19.7 Å². The van der Waals surface area contributed by atoms with E-state index in [1.807, 2.05) is 0 Å². The highest BCUT2D eigenvalue weighted by Crippen LogP contribution is 2.20. The average molecular weight is 251 g/mol. The molecule has 1 aliphatic rings. The second kappa shape index (κ2) is 5.41. The van der Waals surface area contributed by atoms with Gasteiger partial charge in [-0.15, -0.1) is 0 Å². The van der Waals surface area contributed by atoms with Gasteiger partial charge in [0.15, 0.2) is 11.5 Å². The number of carboxylic acid groups (broad SMARTS) is 1. The Morgan fingerprint density at radius 1 is 1.61 bits per heavy atom. The summed E-state index contributed by atoms with van der Waals surface area (Å²) in [7, 11) is 0. The van der Waals surface area contributed by atoms with Gasteiger partial charge in [-0.1, -0.05) is 0 Å². The lowest BCUT2D eigenvalue weighted by molar-refractivity contribution is -0.0443. The van der Waals surface area contributed by atoms with E-state index in [4.69, 9.17) is 9.84 Å². The zero-order valence-electron chi connectivity index (χ0n) is 10.5. The van der Waals surface area contributed by atoms with Gasteiger partial charge in [-0.3, -0.25) is 4.90 Å². The van der Waals surface area contributed by atoms with E-state index in [9.17, 15) is 4.79 Å². The number of carboxylic acids is 1. The molecule has 0 aliphatic carbocycles. The molecule has 2 heterocycles. The minimum atomic E-state index is -1.05. The summed E-state index contributed by atoms with van der Waals surface area (Å²) in [5.41, 5.74) is 0.00488. The van der Waals surface area contributed by atoms with Crippen LogP contribution in [0.1, 0.15) is 36.3 Å². The van der Waals surface area contributed by atoms with Gasteiger partial charge in [0.1, 0.15) is 6.10 Å². The van der Waals surface area contributed by atoms with Crippen LogP contribution in [0.5, 0.6) is 0 Å². The van der Waals surface area contributed by atoms with Crippen molar-refractivity contribution in [3.8, 4) is 0 Å². The molecule has 2 rings (SSSR count). The third kappa shape index (κ3) is 2.83. The molecule has 1 aromatic rings. The second-order valence-corrected chi connectivity index (χ2v) is 4.55. The SMILES string of the molecule is CC(C)N1CCOC(c2nccc(C(=O)O)n2)C1. The Balaban J connectivity index is 2.15. The molecule has 6 nitrogen and oxygen atoms in total. The van der Waals surface area contributed by atoms with E-state index in [1.54, 1.807) is 0 Å². The minimum absolute atomic E-state index is 0.00488. The molecule has 0 aromatic carbocycles. The number of rotatable bonds is 3. The molecular formula is C12H17N3O3. The molecule has 1 aromatic heterocycles. The molecule has 6 heteroatoms. The zero-order chi connectivity index (χ0) is 13.1. The number of aromatic carboxylic acids is 1. The van der Waals surface area contributed by atoms with Gasteiger partial charge in [0.2, 0.25) is 0 Å². The van der Waals surface area contributed by atoms with Gasteiger partial charge >= 0.3 is 5.97 Å². The van der Waals surface area contributed by atoms with E-state index < -0.39 is 5.97 Å². The standard InChI is InChI=1S/C12H17N3O3/c1-8(2)15-5-6-18-10(7-15)11-13-4-3-9(14-11)12(16)17/h3-4,8,10H,5-7H2,1-2H3,(H,16,17). The van der Waals surface area contributed by atoms with Crippen molar-refractivity contribution in [1.82, 2.24) is 14.9 Å². The molecule has 0 amide bonds. The van der Waals surface area contributed by atoms with Crippen LogP contribution in [-0.4, -0.2) is 51.7 Å². The molecule has 0 saturated carbocycles. The van der Waals surface area contributed by atoms with E-state index in [1.165, 1.54) is 12.3 Å². The summed E-state index contributed by atoms with van der Waals surface area (Å²) in [5, 5.41) is 8.91. The number of ether oxygens (including phenoxy) is 1. The highest BCUT2D eigenvalue weighted by molar-refractivity contribution is 5.85. The lowest BCUT2D eigenvalue weighted by atomic mass is 10.2. The van der Waals surface area contributed by atoms with Crippen molar-refractivity contribution >= 4 is 5.97 Å². The normalized spacial score (nSPS) is 21.2. The highest BCUT2D eigenvalue weighted by atomic mass is 16.5. The Bertz CT molecular complexity index is 436. The molecule has 98 valence electrons. The van der Waals surface area contributed by atoms with Crippen LogP contribution in [0, 0.1) is 0 Å². The maximum Gasteiger partial charge on any atom is 0.354 e. The van der Waals surface area contributed by atoms with Crippen molar-refractivity contribution in [3.63, 3.8) is 0 Å². The average Bonchev–Trinajstić information content (AvgIpc) is 2.39. The minimum Gasteiger partial charge on any atom is -0.477 e. The van der Waals surface area contributed by atoms with Crippen molar-refractivity contribution in [3.05, 3.63) is 23.8 Å².